The van der Waals surface area contributed by atoms with Gasteiger partial charge in [0.2, 0.25) is 0 Å². The molecule has 2 heterocycles. The highest BCUT2D eigenvalue weighted by Gasteiger charge is 2.19. The molecule has 3 rings (SSSR count). The lowest BCUT2D eigenvalue weighted by atomic mass is 10.2. The smallest absolute Gasteiger partial charge is 0.256 e. The number of piperidine rings is 1. The van der Waals surface area contributed by atoms with E-state index in [-0.39, 0.29) is 5.91 Å². The number of hydrogen-bond acceptors (Lipinski definition) is 4. The first kappa shape index (κ1) is 17.6. The fourth-order valence-corrected chi connectivity index (χ4v) is 4.07. The number of rotatable bonds is 5. The van der Waals surface area contributed by atoms with Crippen LogP contribution in [0, 0.1) is 0 Å². The highest BCUT2D eigenvalue weighted by molar-refractivity contribution is 7.82. The zero-order valence-electron chi connectivity index (χ0n) is 14.1. The number of hydrogen-bond donors (Lipinski definition) is 1. The van der Waals surface area contributed by atoms with Crippen molar-refractivity contribution in [1.29, 1.82) is 0 Å². The Morgan fingerprint density at radius 2 is 2.00 bits per heavy atom. The van der Waals surface area contributed by atoms with E-state index in [2.05, 4.69) is 10.3 Å². The zero-order valence-corrected chi connectivity index (χ0v) is 14.9. The van der Waals surface area contributed by atoms with E-state index in [0.29, 0.717) is 22.0 Å². The molecule has 1 aromatic carbocycles. The molecule has 25 heavy (non-hydrogen) atoms. The molecule has 1 N–H and O–H groups in total. The third-order valence-electron chi connectivity index (χ3n) is 4.07. The van der Waals surface area contributed by atoms with E-state index in [4.69, 9.17) is 4.74 Å². The summed E-state index contributed by atoms with van der Waals surface area (Å²) in [6.45, 7) is 1.66. The SMILES string of the molecule is COc1cccnc1NC(=O)c1cccc(S(=O)N2CCCCC2)c1. The van der Waals surface area contributed by atoms with Gasteiger partial charge in [0.25, 0.3) is 5.91 Å². The van der Waals surface area contributed by atoms with Gasteiger partial charge in [-0.25, -0.2) is 13.5 Å². The lowest BCUT2D eigenvalue weighted by Crippen LogP contribution is -2.31. The van der Waals surface area contributed by atoms with Crippen LogP contribution >= 0.6 is 0 Å². The second-order valence-electron chi connectivity index (χ2n) is 5.78. The Bertz CT molecular complexity index is 776. The summed E-state index contributed by atoms with van der Waals surface area (Å²) in [7, 11) is 0.287. The van der Waals surface area contributed by atoms with Gasteiger partial charge in [-0.1, -0.05) is 12.5 Å². The Kier molecular flexibility index (Phi) is 5.78. The maximum atomic E-state index is 12.7. The Labute approximate surface area is 149 Å². The van der Waals surface area contributed by atoms with Crippen LogP contribution in [-0.2, 0) is 11.0 Å². The average Bonchev–Trinajstić information content (AvgIpc) is 2.68. The Morgan fingerprint density at radius 1 is 1.20 bits per heavy atom. The van der Waals surface area contributed by atoms with Crippen LogP contribution in [0.3, 0.4) is 0 Å². The molecule has 1 saturated heterocycles. The van der Waals surface area contributed by atoms with Crippen LogP contribution in [0.5, 0.6) is 5.75 Å². The summed E-state index contributed by atoms with van der Waals surface area (Å²) in [5.74, 6) is 0.538. The molecule has 0 saturated carbocycles. The zero-order chi connectivity index (χ0) is 17.6. The number of methoxy groups -OCH3 is 1. The molecule has 0 aliphatic carbocycles. The lowest BCUT2D eigenvalue weighted by molar-refractivity contribution is 0.102. The molecule has 0 radical (unpaired) electrons. The maximum Gasteiger partial charge on any atom is 0.256 e. The molecule has 1 aliphatic rings. The number of carbonyl (C=O) groups is 1. The molecule has 1 aliphatic heterocycles. The Balaban J connectivity index is 1.76. The average molecular weight is 359 g/mol. The summed E-state index contributed by atoms with van der Waals surface area (Å²) >= 11 is 0. The summed E-state index contributed by atoms with van der Waals surface area (Å²) in [6.07, 6.45) is 4.89. The number of nitrogens with one attached hydrogen (secondary N) is 1. The van der Waals surface area contributed by atoms with Crippen LogP contribution < -0.4 is 10.1 Å². The predicted octanol–water partition coefficient (Wildman–Crippen LogP) is 2.85. The van der Waals surface area contributed by atoms with Crippen molar-refractivity contribution in [2.75, 3.05) is 25.5 Å². The molecule has 132 valence electrons. The van der Waals surface area contributed by atoms with Gasteiger partial charge < -0.3 is 10.1 Å². The third kappa shape index (κ3) is 4.24. The monoisotopic (exact) mass is 359 g/mol. The van der Waals surface area contributed by atoms with Gasteiger partial charge in [0.05, 0.1) is 12.0 Å². The van der Waals surface area contributed by atoms with E-state index in [9.17, 15) is 9.00 Å². The van der Waals surface area contributed by atoms with Crippen molar-refractivity contribution < 1.29 is 13.7 Å². The van der Waals surface area contributed by atoms with Crippen molar-refractivity contribution in [1.82, 2.24) is 9.29 Å². The number of benzene rings is 1. The molecule has 6 nitrogen and oxygen atoms in total. The molecule has 1 unspecified atom stereocenters. The number of nitrogens with zero attached hydrogens (tertiary/aromatic N) is 2. The topological polar surface area (TPSA) is 71.5 Å². The van der Waals surface area contributed by atoms with Crippen molar-refractivity contribution in [3.8, 4) is 5.75 Å². The van der Waals surface area contributed by atoms with Crippen molar-refractivity contribution in [2.24, 2.45) is 0 Å². The highest BCUT2D eigenvalue weighted by Crippen LogP contribution is 2.22. The van der Waals surface area contributed by atoms with Gasteiger partial charge >= 0.3 is 0 Å². The van der Waals surface area contributed by atoms with E-state index in [1.165, 1.54) is 13.5 Å². The number of anilines is 1. The fraction of sp³-hybridized carbons (Fsp3) is 0.333. The number of pyridine rings is 1. The molecule has 7 heteroatoms. The molecule has 0 bridgehead atoms. The minimum atomic E-state index is -1.24. The van der Waals surface area contributed by atoms with E-state index >= 15 is 0 Å². The van der Waals surface area contributed by atoms with Crippen molar-refractivity contribution in [3.05, 3.63) is 48.2 Å². The summed E-state index contributed by atoms with van der Waals surface area (Å²) in [5, 5.41) is 2.74. The number of aromatic nitrogens is 1. The lowest BCUT2D eigenvalue weighted by Gasteiger charge is -2.25. The minimum absolute atomic E-state index is 0.311. The van der Waals surface area contributed by atoms with Gasteiger partial charge in [-0.05, 0) is 43.2 Å². The first-order chi connectivity index (χ1) is 12.2. The quantitative estimate of drug-likeness (QED) is 0.891. The highest BCUT2D eigenvalue weighted by atomic mass is 32.2. The van der Waals surface area contributed by atoms with Crippen molar-refractivity contribution in [3.63, 3.8) is 0 Å². The fourth-order valence-electron chi connectivity index (χ4n) is 2.75. The van der Waals surface area contributed by atoms with Crippen LogP contribution in [0.25, 0.3) is 0 Å². The van der Waals surface area contributed by atoms with Crippen LogP contribution in [0.1, 0.15) is 29.6 Å². The summed E-state index contributed by atoms with van der Waals surface area (Å²) in [5.41, 5.74) is 0.440. The second-order valence-corrected chi connectivity index (χ2v) is 7.26. The maximum absolute atomic E-state index is 12.7. The van der Waals surface area contributed by atoms with Gasteiger partial charge in [0.15, 0.2) is 11.6 Å². The van der Waals surface area contributed by atoms with Gasteiger partial charge in [0.1, 0.15) is 11.0 Å². The molecule has 1 fully saturated rings. The number of amides is 1. The van der Waals surface area contributed by atoms with E-state index in [1.807, 2.05) is 4.31 Å². The summed E-state index contributed by atoms with van der Waals surface area (Å²) in [6, 6.07) is 10.4. The van der Waals surface area contributed by atoms with Gasteiger partial charge in [-0.3, -0.25) is 4.79 Å². The van der Waals surface area contributed by atoms with Gasteiger partial charge in [-0.15, -0.1) is 0 Å². The van der Waals surface area contributed by atoms with E-state index in [1.54, 1.807) is 42.6 Å². The van der Waals surface area contributed by atoms with Crippen LogP contribution in [-0.4, -0.2) is 39.6 Å². The normalized spacial score (nSPS) is 16.2. The molecule has 1 atom stereocenters. The van der Waals surface area contributed by atoms with Gasteiger partial charge in [-0.2, -0.15) is 0 Å². The Morgan fingerprint density at radius 3 is 2.76 bits per heavy atom. The van der Waals surface area contributed by atoms with Crippen molar-refractivity contribution in [2.45, 2.75) is 24.2 Å². The van der Waals surface area contributed by atoms with Crippen molar-refractivity contribution >= 4 is 22.7 Å². The number of ether oxygens (including phenoxy) is 1. The predicted molar refractivity (Wildman–Crippen MR) is 97.0 cm³/mol. The van der Waals surface area contributed by atoms with E-state index < -0.39 is 11.0 Å². The first-order valence-corrected chi connectivity index (χ1v) is 9.37. The summed E-state index contributed by atoms with van der Waals surface area (Å²) in [4.78, 5) is 17.3. The Hall–Kier alpha value is -2.25. The first-order valence-electron chi connectivity index (χ1n) is 8.26. The largest absolute Gasteiger partial charge is 0.493 e. The van der Waals surface area contributed by atoms with Crippen LogP contribution in [0.2, 0.25) is 0 Å². The molecular weight excluding hydrogens is 338 g/mol. The van der Waals surface area contributed by atoms with Crippen LogP contribution in [0.4, 0.5) is 5.82 Å². The van der Waals surface area contributed by atoms with Crippen LogP contribution in [0.15, 0.2) is 47.5 Å². The molecule has 2 aromatic rings. The molecule has 1 aromatic heterocycles. The van der Waals surface area contributed by atoms with Gasteiger partial charge in [0, 0.05) is 24.8 Å². The summed E-state index contributed by atoms with van der Waals surface area (Å²) < 4.78 is 19.9. The minimum Gasteiger partial charge on any atom is -0.493 e. The molecule has 1 amide bonds. The number of carbonyl (C=O) groups excluding carboxylic acids is 1. The second kappa shape index (κ2) is 8.22. The molecule has 0 spiro atoms. The molecular formula is C18H21N3O3S. The van der Waals surface area contributed by atoms with E-state index in [0.717, 1.165) is 25.9 Å². The standard InChI is InChI=1S/C18H21N3O3S/c1-24-16-9-6-10-19-17(16)20-18(22)14-7-5-8-15(13-14)25(23)21-11-3-2-4-12-21/h5-10,13H,2-4,11-12H2,1H3,(H,19,20,22). The third-order valence-corrected chi connectivity index (χ3v) is 5.56.